The van der Waals surface area contributed by atoms with Gasteiger partial charge in [0.2, 0.25) is 0 Å². The highest BCUT2D eigenvalue weighted by molar-refractivity contribution is 9.10. The summed E-state index contributed by atoms with van der Waals surface area (Å²) in [6.45, 7) is 1.31. The third kappa shape index (κ3) is 3.86. The van der Waals surface area contributed by atoms with Crippen molar-refractivity contribution in [2.75, 3.05) is 6.61 Å². The average Bonchev–Trinajstić information content (AvgIpc) is 2.28. The van der Waals surface area contributed by atoms with Crippen molar-refractivity contribution in [2.24, 2.45) is 5.73 Å². The zero-order valence-corrected chi connectivity index (χ0v) is 11.8. The minimum absolute atomic E-state index is 0. The summed E-state index contributed by atoms with van der Waals surface area (Å²) in [5, 5.41) is 0. The van der Waals surface area contributed by atoms with E-state index in [4.69, 9.17) is 5.73 Å². The number of aromatic nitrogens is 1. The Kier molecular flexibility index (Phi) is 6.66. The molecule has 102 valence electrons. The quantitative estimate of drug-likeness (QED) is 0.672. The minimum Gasteiger partial charge on any atom is -0.462 e. The van der Waals surface area contributed by atoms with E-state index in [2.05, 4.69) is 25.7 Å². The SMILES string of the molecule is CCOC(=O)C(F)(F)[C@H](N)c1cccc(Br)n1.Cl. The predicted octanol–water partition coefficient (Wildman–Crippen LogP) is 2.46. The van der Waals surface area contributed by atoms with E-state index in [-0.39, 0.29) is 24.7 Å². The number of hydrogen-bond acceptors (Lipinski definition) is 4. The second kappa shape index (κ2) is 6.96. The fourth-order valence-electron chi connectivity index (χ4n) is 1.14. The number of ether oxygens (including phenoxy) is 1. The summed E-state index contributed by atoms with van der Waals surface area (Å²) in [7, 11) is 0. The molecule has 0 saturated carbocycles. The monoisotopic (exact) mass is 344 g/mol. The van der Waals surface area contributed by atoms with E-state index in [1.54, 1.807) is 6.07 Å². The highest BCUT2D eigenvalue weighted by Crippen LogP contribution is 2.30. The highest BCUT2D eigenvalue weighted by atomic mass is 79.9. The first kappa shape index (κ1) is 17.2. The molecule has 0 unspecified atom stereocenters. The van der Waals surface area contributed by atoms with Gasteiger partial charge in [-0.1, -0.05) is 6.07 Å². The van der Waals surface area contributed by atoms with Crippen molar-refractivity contribution in [3.8, 4) is 0 Å². The fraction of sp³-hybridized carbons (Fsp3) is 0.400. The van der Waals surface area contributed by atoms with Gasteiger partial charge in [-0.25, -0.2) is 9.78 Å². The predicted molar refractivity (Wildman–Crippen MR) is 67.7 cm³/mol. The molecule has 0 fully saturated rings. The molecule has 0 aliphatic heterocycles. The zero-order chi connectivity index (χ0) is 13.1. The van der Waals surface area contributed by atoms with Crippen LogP contribution in [0.1, 0.15) is 18.7 Å². The second-order valence-corrected chi connectivity index (χ2v) is 4.02. The molecule has 0 saturated heterocycles. The number of hydrogen-bond donors (Lipinski definition) is 1. The number of nitrogens with two attached hydrogens (primary N) is 1. The van der Waals surface area contributed by atoms with Crippen LogP contribution in [0.2, 0.25) is 0 Å². The maximum Gasteiger partial charge on any atom is 0.379 e. The van der Waals surface area contributed by atoms with Gasteiger partial charge in [-0.05, 0) is 35.0 Å². The van der Waals surface area contributed by atoms with Crippen molar-refractivity contribution in [1.29, 1.82) is 0 Å². The molecule has 1 heterocycles. The van der Waals surface area contributed by atoms with E-state index in [9.17, 15) is 13.6 Å². The summed E-state index contributed by atoms with van der Waals surface area (Å²) in [5.41, 5.74) is 5.25. The third-order valence-corrected chi connectivity index (χ3v) is 2.44. The average molecular weight is 346 g/mol. The minimum atomic E-state index is -3.80. The Labute approximate surface area is 117 Å². The van der Waals surface area contributed by atoms with Crippen LogP contribution in [0.5, 0.6) is 0 Å². The van der Waals surface area contributed by atoms with E-state index < -0.39 is 17.9 Å². The number of nitrogens with zero attached hydrogens (tertiary/aromatic N) is 1. The van der Waals surface area contributed by atoms with Gasteiger partial charge < -0.3 is 10.5 Å². The number of rotatable bonds is 4. The van der Waals surface area contributed by atoms with Crippen LogP contribution in [0.25, 0.3) is 0 Å². The Morgan fingerprint density at radius 1 is 1.61 bits per heavy atom. The smallest absolute Gasteiger partial charge is 0.379 e. The maximum absolute atomic E-state index is 13.6. The third-order valence-electron chi connectivity index (χ3n) is 1.99. The first-order valence-corrected chi connectivity index (χ1v) is 5.62. The summed E-state index contributed by atoms with van der Waals surface area (Å²) in [6.07, 6.45) is 0. The highest BCUT2D eigenvalue weighted by Gasteiger charge is 2.48. The van der Waals surface area contributed by atoms with E-state index >= 15 is 0 Å². The fourth-order valence-corrected chi connectivity index (χ4v) is 1.49. The molecule has 18 heavy (non-hydrogen) atoms. The summed E-state index contributed by atoms with van der Waals surface area (Å²) >= 11 is 3.04. The number of pyridine rings is 1. The normalized spacial score (nSPS) is 12.5. The Balaban J connectivity index is 0.00000289. The second-order valence-electron chi connectivity index (χ2n) is 3.21. The van der Waals surface area contributed by atoms with Crippen molar-refractivity contribution in [2.45, 2.75) is 18.9 Å². The molecular formula is C10H12BrClF2N2O2. The van der Waals surface area contributed by atoms with Gasteiger partial charge in [0.25, 0.3) is 0 Å². The Morgan fingerprint density at radius 3 is 2.72 bits per heavy atom. The van der Waals surface area contributed by atoms with Gasteiger partial charge in [-0.3, -0.25) is 0 Å². The van der Waals surface area contributed by atoms with Crippen molar-refractivity contribution in [3.05, 3.63) is 28.5 Å². The van der Waals surface area contributed by atoms with Crippen LogP contribution in [0.15, 0.2) is 22.8 Å². The number of esters is 1. The van der Waals surface area contributed by atoms with E-state index in [0.717, 1.165) is 0 Å². The van der Waals surface area contributed by atoms with Crippen molar-refractivity contribution < 1.29 is 18.3 Å². The maximum atomic E-state index is 13.6. The number of halogens is 4. The molecule has 0 aromatic carbocycles. The van der Waals surface area contributed by atoms with Gasteiger partial charge in [0.1, 0.15) is 10.6 Å². The molecular weight excluding hydrogens is 333 g/mol. The number of carbonyl (C=O) groups excluding carboxylic acids is 1. The summed E-state index contributed by atoms with van der Waals surface area (Å²) in [6, 6.07) is 2.56. The molecule has 1 rings (SSSR count). The molecule has 0 spiro atoms. The Morgan fingerprint density at radius 2 is 2.22 bits per heavy atom. The number of carbonyl (C=O) groups is 1. The van der Waals surface area contributed by atoms with Gasteiger partial charge in [0, 0.05) is 0 Å². The van der Waals surface area contributed by atoms with Gasteiger partial charge in [0.05, 0.1) is 12.3 Å². The van der Waals surface area contributed by atoms with Crippen LogP contribution >= 0.6 is 28.3 Å². The molecule has 0 aliphatic rings. The van der Waals surface area contributed by atoms with Crippen LogP contribution in [0.3, 0.4) is 0 Å². The molecule has 1 aromatic rings. The van der Waals surface area contributed by atoms with Gasteiger partial charge in [-0.15, -0.1) is 12.4 Å². The number of alkyl halides is 2. The molecule has 0 amide bonds. The molecule has 0 radical (unpaired) electrons. The van der Waals surface area contributed by atoms with Crippen LogP contribution < -0.4 is 5.73 Å². The van der Waals surface area contributed by atoms with Gasteiger partial charge in [0.15, 0.2) is 0 Å². The van der Waals surface area contributed by atoms with Crippen LogP contribution in [0.4, 0.5) is 8.78 Å². The van der Waals surface area contributed by atoms with Crippen molar-refractivity contribution in [1.82, 2.24) is 4.98 Å². The van der Waals surface area contributed by atoms with Crippen LogP contribution in [-0.2, 0) is 9.53 Å². The van der Waals surface area contributed by atoms with E-state index in [1.165, 1.54) is 19.1 Å². The Hall–Kier alpha value is -0.790. The molecule has 4 nitrogen and oxygen atoms in total. The molecule has 1 atom stereocenters. The molecule has 8 heteroatoms. The van der Waals surface area contributed by atoms with Gasteiger partial charge >= 0.3 is 11.9 Å². The first-order chi connectivity index (χ1) is 7.89. The lowest BCUT2D eigenvalue weighted by molar-refractivity contribution is -0.175. The van der Waals surface area contributed by atoms with Crippen LogP contribution in [0, 0.1) is 0 Å². The lowest BCUT2D eigenvalue weighted by Gasteiger charge is -2.21. The topological polar surface area (TPSA) is 65.2 Å². The molecule has 0 bridgehead atoms. The summed E-state index contributed by atoms with van der Waals surface area (Å²) in [4.78, 5) is 14.9. The summed E-state index contributed by atoms with van der Waals surface area (Å²) < 4.78 is 31.8. The Bertz CT molecular complexity index is 421. The largest absolute Gasteiger partial charge is 0.462 e. The van der Waals surface area contributed by atoms with Gasteiger partial charge in [-0.2, -0.15) is 8.78 Å². The van der Waals surface area contributed by atoms with Crippen molar-refractivity contribution in [3.63, 3.8) is 0 Å². The van der Waals surface area contributed by atoms with E-state index in [0.29, 0.717) is 4.60 Å². The van der Waals surface area contributed by atoms with Crippen LogP contribution in [-0.4, -0.2) is 23.5 Å². The standard InChI is InChI=1S/C10H11BrF2N2O2.ClH/c1-2-17-9(16)10(12,13)8(14)6-4-3-5-7(11)15-6;/h3-5,8H,2,14H2,1H3;1H/t8-;/m1./s1. The zero-order valence-electron chi connectivity index (χ0n) is 9.40. The summed E-state index contributed by atoms with van der Waals surface area (Å²) in [5.74, 6) is -5.45. The molecule has 2 N–H and O–H groups in total. The van der Waals surface area contributed by atoms with Crippen molar-refractivity contribution >= 4 is 34.3 Å². The molecule has 1 aromatic heterocycles. The van der Waals surface area contributed by atoms with E-state index in [1.807, 2.05) is 0 Å². The first-order valence-electron chi connectivity index (χ1n) is 4.82. The lowest BCUT2D eigenvalue weighted by Crippen LogP contribution is -2.42. The molecule has 0 aliphatic carbocycles. The lowest BCUT2D eigenvalue weighted by atomic mass is 10.1.